The third-order valence-electron chi connectivity index (χ3n) is 5.47. The molecule has 0 radical (unpaired) electrons. The SMILES string of the molecule is COc1ccc(CN2CCN(C(=O)[C@@H]3CCCCN3S(C)(=O)=O)CC2)cc1F. The highest BCUT2D eigenvalue weighted by Gasteiger charge is 2.37. The molecule has 156 valence electrons. The maximum absolute atomic E-state index is 13.9. The lowest BCUT2D eigenvalue weighted by atomic mass is 10.0. The van der Waals surface area contributed by atoms with Crippen molar-refractivity contribution in [3.05, 3.63) is 29.6 Å². The van der Waals surface area contributed by atoms with E-state index < -0.39 is 16.1 Å². The number of amides is 1. The Morgan fingerprint density at radius 2 is 1.89 bits per heavy atom. The number of hydrogen-bond donors (Lipinski definition) is 0. The van der Waals surface area contributed by atoms with Crippen molar-refractivity contribution >= 4 is 15.9 Å². The van der Waals surface area contributed by atoms with Crippen LogP contribution in [-0.4, -0.2) is 80.6 Å². The summed E-state index contributed by atoms with van der Waals surface area (Å²) >= 11 is 0. The van der Waals surface area contributed by atoms with Crippen LogP contribution >= 0.6 is 0 Å². The molecule has 0 spiro atoms. The molecule has 0 aromatic heterocycles. The largest absolute Gasteiger partial charge is 0.494 e. The maximum Gasteiger partial charge on any atom is 0.241 e. The Bertz CT molecular complexity index is 809. The van der Waals surface area contributed by atoms with E-state index in [-0.39, 0.29) is 17.5 Å². The number of piperidine rings is 1. The van der Waals surface area contributed by atoms with Crippen LogP contribution in [0.5, 0.6) is 5.75 Å². The van der Waals surface area contributed by atoms with Crippen LogP contribution in [0.4, 0.5) is 4.39 Å². The average molecular weight is 414 g/mol. The second-order valence-electron chi connectivity index (χ2n) is 7.46. The van der Waals surface area contributed by atoms with Gasteiger partial charge in [-0.3, -0.25) is 9.69 Å². The lowest BCUT2D eigenvalue weighted by Crippen LogP contribution is -2.56. The van der Waals surface area contributed by atoms with E-state index in [1.54, 1.807) is 11.0 Å². The van der Waals surface area contributed by atoms with Crippen LogP contribution in [0.25, 0.3) is 0 Å². The van der Waals surface area contributed by atoms with Gasteiger partial charge in [0.1, 0.15) is 6.04 Å². The summed E-state index contributed by atoms with van der Waals surface area (Å²) in [6, 6.07) is 4.35. The molecule has 2 fully saturated rings. The summed E-state index contributed by atoms with van der Waals surface area (Å²) in [6.07, 6.45) is 3.41. The number of halogens is 1. The summed E-state index contributed by atoms with van der Waals surface area (Å²) in [6.45, 7) is 3.45. The van der Waals surface area contributed by atoms with Gasteiger partial charge < -0.3 is 9.64 Å². The van der Waals surface area contributed by atoms with Gasteiger partial charge in [-0.05, 0) is 30.5 Å². The standard InChI is InChI=1S/C19H28FN3O4S/c1-27-18-7-6-15(13-16(18)20)14-21-9-11-22(12-10-21)19(24)17-5-3-4-8-23(17)28(2,25)26/h6-7,13,17H,3-5,8-12,14H2,1-2H3/t17-/m0/s1. The fourth-order valence-electron chi connectivity index (χ4n) is 3.95. The van der Waals surface area contributed by atoms with E-state index in [0.717, 1.165) is 18.4 Å². The fraction of sp³-hybridized carbons (Fsp3) is 0.632. The summed E-state index contributed by atoms with van der Waals surface area (Å²) in [5, 5.41) is 0. The predicted molar refractivity (Wildman–Crippen MR) is 104 cm³/mol. The highest BCUT2D eigenvalue weighted by molar-refractivity contribution is 7.88. The van der Waals surface area contributed by atoms with E-state index >= 15 is 0 Å². The van der Waals surface area contributed by atoms with Gasteiger partial charge in [0, 0.05) is 39.3 Å². The van der Waals surface area contributed by atoms with Crippen molar-refractivity contribution in [1.29, 1.82) is 0 Å². The van der Waals surface area contributed by atoms with E-state index in [1.807, 2.05) is 6.07 Å². The number of piperazine rings is 1. The van der Waals surface area contributed by atoms with Crippen LogP contribution < -0.4 is 4.74 Å². The normalized spacial score (nSPS) is 22.2. The first-order valence-corrected chi connectivity index (χ1v) is 11.4. The number of sulfonamides is 1. The first-order chi connectivity index (χ1) is 13.3. The molecule has 2 saturated heterocycles. The third kappa shape index (κ3) is 4.82. The molecule has 0 saturated carbocycles. The minimum atomic E-state index is -3.39. The monoisotopic (exact) mass is 413 g/mol. The van der Waals surface area contributed by atoms with Crippen molar-refractivity contribution < 1.29 is 22.3 Å². The molecule has 0 bridgehead atoms. The van der Waals surface area contributed by atoms with Crippen LogP contribution in [0, 0.1) is 5.82 Å². The summed E-state index contributed by atoms with van der Waals surface area (Å²) in [5.74, 6) is -0.255. The van der Waals surface area contributed by atoms with E-state index in [2.05, 4.69) is 4.90 Å². The van der Waals surface area contributed by atoms with Gasteiger partial charge in [-0.15, -0.1) is 0 Å². The number of rotatable bonds is 5. The molecule has 1 aromatic carbocycles. The number of ether oxygens (including phenoxy) is 1. The van der Waals surface area contributed by atoms with Gasteiger partial charge in [-0.1, -0.05) is 12.5 Å². The molecule has 2 aliphatic heterocycles. The molecule has 0 N–H and O–H groups in total. The van der Waals surface area contributed by atoms with E-state index in [4.69, 9.17) is 4.74 Å². The number of benzene rings is 1. The highest BCUT2D eigenvalue weighted by atomic mass is 32.2. The van der Waals surface area contributed by atoms with Gasteiger partial charge in [0.2, 0.25) is 15.9 Å². The lowest BCUT2D eigenvalue weighted by Gasteiger charge is -2.40. The molecule has 3 rings (SSSR count). The van der Waals surface area contributed by atoms with Crippen molar-refractivity contribution in [3.63, 3.8) is 0 Å². The van der Waals surface area contributed by atoms with Gasteiger partial charge in [0.05, 0.1) is 13.4 Å². The van der Waals surface area contributed by atoms with Gasteiger partial charge >= 0.3 is 0 Å². The second kappa shape index (κ2) is 8.75. The molecule has 1 aromatic rings. The van der Waals surface area contributed by atoms with Gasteiger partial charge in [-0.25, -0.2) is 12.8 Å². The number of hydrogen-bond acceptors (Lipinski definition) is 5. The first-order valence-electron chi connectivity index (χ1n) is 9.60. The molecule has 7 nitrogen and oxygen atoms in total. The zero-order valence-electron chi connectivity index (χ0n) is 16.4. The van der Waals surface area contributed by atoms with Gasteiger partial charge in [0.15, 0.2) is 11.6 Å². The summed E-state index contributed by atoms with van der Waals surface area (Å²) in [5.41, 5.74) is 0.855. The maximum atomic E-state index is 13.9. The Balaban J connectivity index is 1.57. The Labute approximate surface area is 166 Å². The Kier molecular flexibility index (Phi) is 6.57. The summed E-state index contributed by atoms with van der Waals surface area (Å²) < 4.78 is 44.2. The molecular weight excluding hydrogens is 385 g/mol. The van der Waals surface area contributed by atoms with Crippen molar-refractivity contribution in [3.8, 4) is 5.75 Å². The van der Waals surface area contributed by atoms with E-state index in [1.165, 1.54) is 23.7 Å². The minimum absolute atomic E-state index is 0.0970. The molecule has 1 amide bonds. The first kappa shape index (κ1) is 21.0. The lowest BCUT2D eigenvalue weighted by molar-refractivity contribution is -0.138. The van der Waals surface area contributed by atoms with E-state index in [9.17, 15) is 17.6 Å². The van der Waals surface area contributed by atoms with Crippen molar-refractivity contribution in [2.45, 2.75) is 31.8 Å². The minimum Gasteiger partial charge on any atom is -0.494 e. The van der Waals surface area contributed by atoms with Gasteiger partial charge in [-0.2, -0.15) is 4.31 Å². The zero-order chi connectivity index (χ0) is 20.3. The number of methoxy groups -OCH3 is 1. The van der Waals surface area contributed by atoms with Crippen LogP contribution in [-0.2, 0) is 21.4 Å². The van der Waals surface area contributed by atoms with E-state index in [0.29, 0.717) is 45.7 Å². The number of carbonyl (C=O) groups is 1. The quantitative estimate of drug-likeness (QED) is 0.728. The fourth-order valence-corrected chi connectivity index (χ4v) is 5.07. The predicted octanol–water partition coefficient (Wildman–Crippen LogP) is 1.29. The Hall–Kier alpha value is -1.71. The summed E-state index contributed by atoms with van der Waals surface area (Å²) in [4.78, 5) is 16.9. The van der Waals surface area contributed by atoms with Crippen molar-refractivity contribution in [1.82, 2.24) is 14.1 Å². The molecule has 2 aliphatic rings. The second-order valence-corrected chi connectivity index (χ2v) is 9.39. The molecule has 9 heteroatoms. The van der Waals surface area contributed by atoms with Crippen LogP contribution in [0.15, 0.2) is 18.2 Å². The Morgan fingerprint density at radius 3 is 2.50 bits per heavy atom. The third-order valence-corrected chi connectivity index (χ3v) is 6.76. The van der Waals surface area contributed by atoms with Crippen LogP contribution in [0.3, 0.4) is 0 Å². The van der Waals surface area contributed by atoms with Crippen molar-refractivity contribution in [2.75, 3.05) is 46.1 Å². The number of carbonyl (C=O) groups excluding carboxylic acids is 1. The molecular formula is C19H28FN3O4S. The van der Waals surface area contributed by atoms with Crippen LogP contribution in [0.2, 0.25) is 0 Å². The number of nitrogens with zero attached hydrogens (tertiary/aromatic N) is 3. The smallest absolute Gasteiger partial charge is 0.241 e. The zero-order valence-corrected chi connectivity index (χ0v) is 17.3. The average Bonchev–Trinajstić information content (AvgIpc) is 2.67. The molecule has 1 atom stereocenters. The Morgan fingerprint density at radius 1 is 1.18 bits per heavy atom. The topological polar surface area (TPSA) is 70.2 Å². The molecule has 0 unspecified atom stereocenters. The van der Waals surface area contributed by atoms with Crippen LogP contribution in [0.1, 0.15) is 24.8 Å². The molecule has 28 heavy (non-hydrogen) atoms. The highest BCUT2D eigenvalue weighted by Crippen LogP contribution is 2.23. The molecule has 0 aliphatic carbocycles. The molecule has 2 heterocycles. The summed E-state index contributed by atoms with van der Waals surface area (Å²) in [7, 11) is -1.95. The van der Waals surface area contributed by atoms with Crippen molar-refractivity contribution in [2.24, 2.45) is 0 Å². The van der Waals surface area contributed by atoms with Gasteiger partial charge in [0.25, 0.3) is 0 Å².